The van der Waals surface area contributed by atoms with Gasteiger partial charge in [0, 0.05) is 18.0 Å². The van der Waals surface area contributed by atoms with E-state index in [1.807, 2.05) is 18.4 Å². The van der Waals surface area contributed by atoms with E-state index in [2.05, 4.69) is 15.3 Å². The van der Waals surface area contributed by atoms with Crippen LogP contribution in [0.3, 0.4) is 0 Å². The number of hydrogen-bond donors (Lipinski definition) is 1. The second-order valence-electron chi connectivity index (χ2n) is 3.35. The molecule has 0 aliphatic heterocycles. The number of amides is 1. The fourth-order valence-electron chi connectivity index (χ4n) is 1.24. The summed E-state index contributed by atoms with van der Waals surface area (Å²) in [6.45, 7) is 3.04. The van der Waals surface area contributed by atoms with Gasteiger partial charge < -0.3 is 5.32 Å². The van der Waals surface area contributed by atoms with Crippen molar-refractivity contribution in [2.24, 2.45) is 5.11 Å². The maximum atomic E-state index is 11.6. The van der Waals surface area contributed by atoms with Crippen LogP contribution in [-0.4, -0.2) is 19.0 Å². The van der Waals surface area contributed by atoms with E-state index in [1.54, 1.807) is 0 Å². The minimum atomic E-state index is -0.0173. The third kappa shape index (κ3) is 3.92. The predicted molar refractivity (Wildman–Crippen MR) is 64.6 cm³/mol. The number of thiophene rings is 1. The number of nitrogens with one attached hydrogen (secondary N) is 1. The molecule has 0 aromatic carbocycles. The molecule has 86 valence electrons. The largest absolute Gasteiger partial charge is 0.351 e. The van der Waals surface area contributed by atoms with Crippen molar-refractivity contribution in [3.8, 4) is 0 Å². The zero-order valence-electron chi connectivity index (χ0n) is 9.14. The van der Waals surface area contributed by atoms with E-state index < -0.39 is 0 Å². The average molecular weight is 238 g/mol. The number of azide groups is 1. The molecule has 0 aliphatic carbocycles. The maximum absolute atomic E-state index is 11.6. The Bertz CT molecular complexity index is 395. The Hall–Kier alpha value is -1.52. The minimum Gasteiger partial charge on any atom is -0.351 e. The summed E-state index contributed by atoms with van der Waals surface area (Å²) in [5, 5.41) is 8.17. The van der Waals surface area contributed by atoms with Crippen molar-refractivity contribution in [3.05, 3.63) is 32.3 Å². The first-order chi connectivity index (χ1) is 7.75. The lowest BCUT2D eigenvalue weighted by Gasteiger charge is -2.03. The monoisotopic (exact) mass is 238 g/mol. The number of nitrogens with zero attached hydrogens (tertiary/aromatic N) is 3. The molecular formula is C10H14N4OS. The molecule has 1 amide bonds. The third-order valence-corrected chi connectivity index (χ3v) is 3.12. The molecule has 1 heterocycles. The molecule has 0 bridgehead atoms. The third-order valence-electron chi connectivity index (χ3n) is 2.10. The first-order valence-corrected chi connectivity index (χ1v) is 5.97. The van der Waals surface area contributed by atoms with Crippen molar-refractivity contribution in [1.82, 2.24) is 5.32 Å². The van der Waals surface area contributed by atoms with Gasteiger partial charge in [0.15, 0.2) is 0 Å². The molecule has 16 heavy (non-hydrogen) atoms. The lowest BCUT2D eigenvalue weighted by atomic mass is 10.2. The van der Waals surface area contributed by atoms with Gasteiger partial charge in [0.2, 0.25) is 0 Å². The molecule has 5 nitrogen and oxygen atoms in total. The van der Waals surface area contributed by atoms with Gasteiger partial charge in [-0.2, -0.15) is 0 Å². The van der Waals surface area contributed by atoms with E-state index in [0.29, 0.717) is 13.1 Å². The van der Waals surface area contributed by atoms with Crippen LogP contribution in [0, 0.1) is 6.92 Å². The van der Waals surface area contributed by atoms with Crippen molar-refractivity contribution in [2.45, 2.75) is 19.8 Å². The molecule has 1 N–H and O–H groups in total. The number of rotatable bonds is 6. The molecule has 1 rings (SSSR count). The summed E-state index contributed by atoms with van der Waals surface area (Å²) in [6.07, 6.45) is 1.63. The summed E-state index contributed by atoms with van der Waals surface area (Å²) in [5.74, 6) is -0.0173. The van der Waals surface area contributed by atoms with Gasteiger partial charge in [-0.05, 0) is 42.3 Å². The Labute approximate surface area is 98.1 Å². The van der Waals surface area contributed by atoms with Crippen molar-refractivity contribution in [1.29, 1.82) is 0 Å². The van der Waals surface area contributed by atoms with Gasteiger partial charge in [0.25, 0.3) is 5.91 Å². The summed E-state index contributed by atoms with van der Waals surface area (Å²) in [6, 6.07) is 1.93. The first-order valence-electron chi connectivity index (χ1n) is 5.09. The van der Waals surface area contributed by atoms with Crippen LogP contribution in [0.25, 0.3) is 10.4 Å². The normalized spacial score (nSPS) is 9.56. The highest BCUT2D eigenvalue weighted by Crippen LogP contribution is 2.14. The second-order valence-corrected chi connectivity index (χ2v) is 4.27. The van der Waals surface area contributed by atoms with E-state index in [1.165, 1.54) is 11.3 Å². The van der Waals surface area contributed by atoms with Gasteiger partial charge in [0.1, 0.15) is 0 Å². The SMILES string of the molecule is Cc1ccsc1C(=O)NCCCCN=[N+]=[N-]. The second kappa shape index (κ2) is 6.87. The molecule has 0 saturated heterocycles. The molecule has 0 fully saturated rings. The van der Waals surface area contributed by atoms with Crippen LogP contribution >= 0.6 is 11.3 Å². The van der Waals surface area contributed by atoms with Gasteiger partial charge in [-0.25, -0.2) is 0 Å². The Balaban J connectivity index is 2.21. The highest BCUT2D eigenvalue weighted by Gasteiger charge is 2.08. The highest BCUT2D eigenvalue weighted by molar-refractivity contribution is 7.12. The molecule has 0 radical (unpaired) electrons. The van der Waals surface area contributed by atoms with E-state index in [-0.39, 0.29) is 5.91 Å². The Morgan fingerprint density at radius 2 is 2.44 bits per heavy atom. The molecular weight excluding hydrogens is 224 g/mol. The van der Waals surface area contributed by atoms with Crippen LogP contribution in [0.4, 0.5) is 0 Å². The van der Waals surface area contributed by atoms with E-state index in [9.17, 15) is 4.79 Å². The van der Waals surface area contributed by atoms with Gasteiger partial charge in [0.05, 0.1) is 4.88 Å². The molecule has 0 spiro atoms. The smallest absolute Gasteiger partial charge is 0.261 e. The van der Waals surface area contributed by atoms with Crippen molar-refractivity contribution in [3.63, 3.8) is 0 Å². The molecule has 0 unspecified atom stereocenters. The highest BCUT2D eigenvalue weighted by atomic mass is 32.1. The molecule has 0 atom stereocenters. The molecule has 1 aromatic heterocycles. The number of carbonyl (C=O) groups excluding carboxylic acids is 1. The van der Waals surface area contributed by atoms with Crippen LogP contribution in [0.2, 0.25) is 0 Å². The number of aryl methyl sites for hydroxylation is 1. The number of unbranched alkanes of at least 4 members (excludes halogenated alkanes) is 1. The lowest BCUT2D eigenvalue weighted by Crippen LogP contribution is -2.24. The van der Waals surface area contributed by atoms with Crippen LogP contribution in [0.1, 0.15) is 28.1 Å². The fraction of sp³-hybridized carbons (Fsp3) is 0.500. The Kier molecular flexibility index (Phi) is 5.39. The zero-order chi connectivity index (χ0) is 11.8. The summed E-state index contributed by atoms with van der Waals surface area (Å²) in [7, 11) is 0. The topological polar surface area (TPSA) is 77.9 Å². The predicted octanol–water partition coefficient (Wildman–Crippen LogP) is 2.88. The van der Waals surface area contributed by atoms with Gasteiger partial charge in [-0.15, -0.1) is 11.3 Å². The Morgan fingerprint density at radius 3 is 3.06 bits per heavy atom. The quantitative estimate of drug-likeness (QED) is 0.351. The number of carbonyl (C=O) groups is 1. The van der Waals surface area contributed by atoms with Gasteiger partial charge >= 0.3 is 0 Å². The molecule has 1 aromatic rings. The molecule has 0 saturated carbocycles. The standard InChI is InChI=1S/C10H14N4OS/c1-8-4-7-16-9(8)10(15)12-5-2-3-6-13-14-11/h4,7H,2-3,5-6H2,1H3,(H,12,15). The van der Waals surface area contributed by atoms with Crippen LogP contribution < -0.4 is 5.32 Å². The first kappa shape index (κ1) is 12.5. The zero-order valence-corrected chi connectivity index (χ0v) is 9.96. The van der Waals surface area contributed by atoms with Crippen molar-refractivity contribution in [2.75, 3.05) is 13.1 Å². The summed E-state index contributed by atoms with van der Waals surface area (Å²) in [4.78, 5) is 15.1. The maximum Gasteiger partial charge on any atom is 0.261 e. The summed E-state index contributed by atoms with van der Waals surface area (Å²) >= 11 is 1.45. The molecule has 6 heteroatoms. The minimum absolute atomic E-state index is 0.0173. The van der Waals surface area contributed by atoms with Gasteiger partial charge in [-0.3, -0.25) is 4.79 Å². The average Bonchev–Trinajstić information content (AvgIpc) is 2.69. The van der Waals surface area contributed by atoms with Gasteiger partial charge in [-0.1, -0.05) is 5.11 Å². The van der Waals surface area contributed by atoms with Crippen molar-refractivity contribution < 1.29 is 4.79 Å². The molecule has 0 aliphatic rings. The van der Waals surface area contributed by atoms with E-state index in [4.69, 9.17) is 5.53 Å². The van der Waals surface area contributed by atoms with Crippen molar-refractivity contribution >= 4 is 17.2 Å². The van der Waals surface area contributed by atoms with E-state index in [0.717, 1.165) is 23.3 Å². The summed E-state index contributed by atoms with van der Waals surface area (Å²) in [5.41, 5.74) is 9.07. The van der Waals surface area contributed by atoms with E-state index >= 15 is 0 Å². The lowest BCUT2D eigenvalue weighted by molar-refractivity contribution is 0.0956. The fourth-order valence-corrected chi connectivity index (χ4v) is 2.08. The van der Waals surface area contributed by atoms with Crippen LogP contribution in [-0.2, 0) is 0 Å². The van der Waals surface area contributed by atoms with Crippen LogP contribution in [0.15, 0.2) is 16.6 Å². The van der Waals surface area contributed by atoms with Crippen LogP contribution in [0.5, 0.6) is 0 Å². The number of hydrogen-bond acceptors (Lipinski definition) is 3. The summed E-state index contributed by atoms with van der Waals surface area (Å²) < 4.78 is 0. The Morgan fingerprint density at radius 1 is 1.62 bits per heavy atom.